The molecule has 0 aromatic heterocycles. The second-order valence-electron chi connectivity index (χ2n) is 6.88. The highest BCUT2D eigenvalue weighted by atomic mass is 79.9. The van der Waals surface area contributed by atoms with E-state index in [1.807, 2.05) is 6.92 Å². The van der Waals surface area contributed by atoms with Crippen LogP contribution in [-0.4, -0.2) is 54.8 Å². The Labute approximate surface area is 210 Å². The molecule has 0 saturated carbocycles. The zero-order chi connectivity index (χ0) is 24.7. The maximum absolute atomic E-state index is 13.0. The Morgan fingerprint density at radius 3 is 2.65 bits per heavy atom. The number of ether oxygens (including phenoxy) is 3. The van der Waals surface area contributed by atoms with Crippen LogP contribution in [0.5, 0.6) is 5.75 Å². The van der Waals surface area contributed by atoms with Crippen LogP contribution in [0.2, 0.25) is 0 Å². The maximum Gasteiger partial charge on any atom is 0.343 e. The lowest BCUT2D eigenvalue weighted by atomic mass is 10.2. The summed E-state index contributed by atoms with van der Waals surface area (Å²) in [5, 5.41) is 0.525. The van der Waals surface area contributed by atoms with Gasteiger partial charge in [0.1, 0.15) is 5.75 Å². The molecule has 0 aliphatic carbocycles. The SMILES string of the molecule is CCOC(=O)c1cccc(N=C2SC(=Cc3ccc(OCC(=O)OC)c(Br)c3)C(=O)N2CC)c1. The van der Waals surface area contributed by atoms with Crippen LogP contribution in [0, 0.1) is 0 Å². The molecule has 10 heteroatoms. The highest BCUT2D eigenvalue weighted by Gasteiger charge is 2.32. The molecule has 8 nitrogen and oxygen atoms in total. The monoisotopic (exact) mass is 546 g/mol. The third-order valence-corrected chi connectivity index (χ3v) is 6.24. The van der Waals surface area contributed by atoms with Crippen molar-refractivity contribution in [2.24, 2.45) is 4.99 Å². The smallest absolute Gasteiger partial charge is 0.343 e. The van der Waals surface area contributed by atoms with Crippen LogP contribution in [0.3, 0.4) is 0 Å². The number of esters is 2. The first-order valence-electron chi connectivity index (χ1n) is 10.4. The van der Waals surface area contributed by atoms with E-state index in [2.05, 4.69) is 25.7 Å². The number of benzene rings is 2. The maximum atomic E-state index is 13.0. The predicted octanol–water partition coefficient (Wildman–Crippen LogP) is 4.80. The Balaban J connectivity index is 1.82. The van der Waals surface area contributed by atoms with Crippen molar-refractivity contribution in [1.82, 2.24) is 4.90 Å². The minimum Gasteiger partial charge on any atom is -0.481 e. The average Bonchev–Trinajstić information content (AvgIpc) is 3.12. The standard InChI is InChI=1S/C24H23BrN2O6S/c1-4-27-22(29)20(12-15-9-10-19(18(25)11-15)33-14-21(28)31-3)34-24(27)26-17-8-6-7-16(13-17)23(30)32-5-2/h6-13H,4-5,14H2,1-3H3. The van der Waals surface area contributed by atoms with Gasteiger partial charge in [-0.25, -0.2) is 14.6 Å². The van der Waals surface area contributed by atoms with Crippen LogP contribution in [0.1, 0.15) is 29.8 Å². The van der Waals surface area contributed by atoms with Crippen molar-refractivity contribution in [1.29, 1.82) is 0 Å². The second kappa shape index (κ2) is 11.8. The number of hydrogen-bond donors (Lipinski definition) is 0. The first-order valence-corrected chi connectivity index (χ1v) is 12.0. The van der Waals surface area contributed by atoms with Crippen LogP contribution in [0.4, 0.5) is 5.69 Å². The normalized spacial score (nSPS) is 15.6. The summed E-state index contributed by atoms with van der Waals surface area (Å²) in [6, 6.07) is 12.1. The number of aliphatic imine (C=N–C) groups is 1. The molecule has 0 spiro atoms. The van der Waals surface area contributed by atoms with E-state index in [0.717, 1.165) is 5.56 Å². The molecule has 3 rings (SSSR count). The zero-order valence-electron chi connectivity index (χ0n) is 18.9. The molecule has 1 aliphatic rings. The van der Waals surface area contributed by atoms with Gasteiger partial charge in [-0.3, -0.25) is 9.69 Å². The number of amidine groups is 1. The van der Waals surface area contributed by atoms with Gasteiger partial charge >= 0.3 is 11.9 Å². The fraction of sp³-hybridized carbons (Fsp3) is 0.250. The molecule has 1 fully saturated rings. The predicted molar refractivity (Wildman–Crippen MR) is 134 cm³/mol. The fourth-order valence-corrected chi connectivity index (χ4v) is 4.54. The summed E-state index contributed by atoms with van der Waals surface area (Å²) in [5.74, 6) is -0.575. The molecule has 1 amide bonds. The van der Waals surface area contributed by atoms with E-state index in [0.29, 0.717) is 38.1 Å². The van der Waals surface area contributed by atoms with Crippen LogP contribution in [0.25, 0.3) is 6.08 Å². The Kier molecular flexibility index (Phi) is 8.89. The molecule has 1 heterocycles. The number of amides is 1. The van der Waals surface area contributed by atoms with Crippen LogP contribution in [0.15, 0.2) is 56.8 Å². The van der Waals surface area contributed by atoms with Gasteiger partial charge in [0.2, 0.25) is 0 Å². The lowest BCUT2D eigenvalue weighted by Gasteiger charge is -2.12. The van der Waals surface area contributed by atoms with E-state index >= 15 is 0 Å². The number of carbonyl (C=O) groups is 3. The van der Waals surface area contributed by atoms with Crippen molar-refractivity contribution in [3.63, 3.8) is 0 Å². The average molecular weight is 547 g/mol. The first kappa shape index (κ1) is 25.5. The van der Waals surface area contributed by atoms with Crippen molar-refractivity contribution in [3.8, 4) is 5.75 Å². The van der Waals surface area contributed by atoms with Crippen molar-refractivity contribution < 1.29 is 28.6 Å². The number of carbonyl (C=O) groups excluding carboxylic acids is 3. The van der Waals surface area contributed by atoms with Crippen molar-refractivity contribution in [2.75, 3.05) is 26.9 Å². The highest BCUT2D eigenvalue weighted by Crippen LogP contribution is 2.35. The van der Waals surface area contributed by atoms with E-state index in [1.165, 1.54) is 18.9 Å². The van der Waals surface area contributed by atoms with Crippen molar-refractivity contribution >= 4 is 62.5 Å². The summed E-state index contributed by atoms with van der Waals surface area (Å²) >= 11 is 4.68. The van der Waals surface area contributed by atoms with Crippen LogP contribution < -0.4 is 4.74 Å². The number of halogens is 1. The number of likely N-dealkylation sites (N-methyl/N-ethyl adjacent to an activating group) is 1. The van der Waals surface area contributed by atoms with E-state index in [9.17, 15) is 14.4 Å². The zero-order valence-corrected chi connectivity index (χ0v) is 21.3. The number of rotatable bonds is 8. The first-order chi connectivity index (χ1) is 16.4. The third-order valence-electron chi connectivity index (χ3n) is 4.61. The number of hydrogen-bond acceptors (Lipinski definition) is 8. The lowest BCUT2D eigenvalue weighted by Crippen LogP contribution is -2.28. The molecule has 1 aliphatic heterocycles. The fourth-order valence-electron chi connectivity index (χ4n) is 2.97. The molecule has 2 aromatic rings. The molecule has 34 heavy (non-hydrogen) atoms. The van der Waals surface area contributed by atoms with E-state index in [4.69, 9.17) is 9.47 Å². The Bertz CT molecular complexity index is 1160. The van der Waals surface area contributed by atoms with Gasteiger partial charge < -0.3 is 14.2 Å². The molecular formula is C24H23BrN2O6S. The molecule has 2 aromatic carbocycles. The van der Waals surface area contributed by atoms with Gasteiger partial charge in [-0.05, 0) is 83.5 Å². The van der Waals surface area contributed by atoms with Crippen molar-refractivity contribution in [2.45, 2.75) is 13.8 Å². The molecule has 0 unspecified atom stereocenters. The van der Waals surface area contributed by atoms with Gasteiger partial charge in [-0.2, -0.15) is 0 Å². The quantitative estimate of drug-likeness (QED) is 0.346. The Hall–Kier alpha value is -3.11. The van der Waals surface area contributed by atoms with Gasteiger partial charge in [-0.15, -0.1) is 0 Å². The van der Waals surface area contributed by atoms with Crippen LogP contribution in [-0.2, 0) is 19.1 Å². The molecule has 0 atom stereocenters. The van der Waals surface area contributed by atoms with E-state index < -0.39 is 11.9 Å². The summed E-state index contributed by atoms with van der Waals surface area (Å²) in [5.41, 5.74) is 1.72. The van der Waals surface area contributed by atoms with Gasteiger partial charge in [0.25, 0.3) is 5.91 Å². The third kappa shape index (κ3) is 6.27. The number of nitrogens with zero attached hydrogens (tertiary/aromatic N) is 2. The van der Waals surface area contributed by atoms with Gasteiger partial charge in [-0.1, -0.05) is 12.1 Å². The minimum absolute atomic E-state index is 0.157. The van der Waals surface area contributed by atoms with Crippen molar-refractivity contribution in [3.05, 3.63) is 63.0 Å². The second-order valence-corrected chi connectivity index (χ2v) is 8.74. The molecule has 0 bridgehead atoms. The Morgan fingerprint density at radius 2 is 1.97 bits per heavy atom. The van der Waals surface area contributed by atoms with Gasteiger partial charge in [0.05, 0.1) is 34.3 Å². The van der Waals surface area contributed by atoms with E-state index in [-0.39, 0.29) is 19.1 Å². The molecule has 0 radical (unpaired) electrons. The molecule has 178 valence electrons. The minimum atomic E-state index is -0.481. The van der Waals surface area contributed by atoms with Gasteiger partial charge in [0, 0.05) is 6.54 Å². The topological polar surface area (TPSA) is 94.5 Å². The highest BCUT2D eigenvalue weighted by molar-refractivity contribution is 9.10. The summed E-state index contributed by atoms with van der Waals surface area (Å²) < 4.78 is 15.7. The Morgan fingerprint density at radius 1 is 1.18 bits per heavy atom. The van der Waals surface area contributed by atoms with Gasteiger partial charge in [0.15, 0.2) is 11.8 Å². The summed E-state index contributed by atoms with van der Waals surface area (Å²) in [4.78, 5) is 42.9. The molecule has 0 N–H and O–H groups in total. The molecule has 1 saturated heterocycles. The number of methoxy groups -OCH3 is 1. The largest absolute Gasteiger partial charge is 0.481 e. The summed E-state index contributed by atoms with van der Waals surface area (Å²) in [6.07, 6.45) is 1.77. The number of thioether (sulfide) groups is 1. The van der Waals surface area contributed by atoms with E-state index in [1.54, 1.807) is 60.4 Å². The lowest BCUT2D eigenvalue weighted by molar-refractivity contribution is -0.142. The summed E-state index contributed by atoms with van der Waals surface area (Å²) in [7, 11) is 1.29. The van der Waals surface area contributed by atoms with Crippen LogP contribution >= 0.6 is 27.7 Å². The molecular weight excluding hydrogens is 524 g/mol. The summed E-state index contributed by atoms with van der Waals surface area (Å²) in [6.45, 7) is 4.15.